The summed E-state index contributed by atoms with van der Waals surface area (Å²) in [5.74, 6) is 5.46. The predicted molar refractivity (Wildman–Crippen MR) is 56.1 cm³/mol. The number of hydrogen-bond donors (Lipinski definition) is 2. The molecule has 0 saturated heterocycles. The summed E-state index contributed by atoms with van der Waals surface area (Å²) in [5, 5.41) is 0. The summed E-state index contributed by atoms with van der Waals surface area (Å²) in [4.78, 5) is 8.00. The van der Waals surface area contributed by atoms with Gasteiger partial charge in [-0.25, -0.2) is 9.97 Å². The highest BCUT2D eigenvalue weighted by atomic mass is 15.2. The number of rotatable bonds is 5. The maximum absolute atomic E-state index is 5.46. The standard InChI is InChI=1S/C10H16N4/c1-3-8(2)6-10(14-11)9-4-5-12-7-13-9/h4-5,7,10,14H,2-3,6,11H2,1H3. The number of hydrazine groups is 1. The van der Waals surface area contributed by atoms with Crippen LogP contribution in [0.25, 0.3) is 0 Å². The van der Waals surface area contributed by atoms with Gasteiger partial charge in [-0.3, -0.25) is 11.3 Å². The lowest BCUT2D eigenvalue weighted by Crippen LogP contribution is -2.28. The molecule has 0 aliphatic heterocycles. The molecule has 1 rings (SSSR count). The molecule has 0 amide bonds. The van der Waals surface area contributed by atoms with Crippen molar-refractivity contribution in [2.45, 2.75) is 25.8 Å². The van der Waals surface area contributed by atoms with E-state index in [1.165, 1.54) is 6.33 Å². The monoisotopic (exact) mass is 192 g/mol. The first-order chi connectivity index (χ1) is 6.77. The third-order valence-corrected chi connectivity index (χ3v) is 2.16. The molecule has 1 aromatic heterocycles. The second-order valence-electron chi connectivity index (χ2n) is 3.16. The molecule has 0 bridgehead atoms. The molecule has 76 valence electrons. The van der Waals surface area contributed by atoms with Gasteiger partial charge in [-0.15, -0.1) is 0 Å². The van der Waals surface area contributed by atoms with Crippen LogP contribution in [-0.4, -0.2) is 9.97 Å². The van der Waals surface area contributed by atoms with Gasteiger partial charge < -0.3 is 0 Å². The highest BCUT2D eigenvalue weighted by Crippen LogP contribution is 2.18. The number of aromatic nitrogens is 2. The van der Waals surface area contributed by atoms with Crippen LogP contribution in [0.4, 0.5) is 0 Å². The van der Waals surface area contributed by atoms with Crippen LogP contribution in [0.2, 0.25) is 0 Å². The van der Waals surface area contributed by atoms with Crippen molar-refractivity contribution < 1.29 is 0 Å². The molecule has 14 heavy (non-hydrogen) atoms. The molecule has 1 heterocycles. The first kappa shape index (κ1) is 10.8. The van der Waals surface area contributed by atoms with Gasteiger partial charge in [0.15, 0.2) is 0 Å². The largest absolute Gasteiger partial charge is 0.271 e. The fraction of sp³-hybridized carbons (Fsp3) is 0.400. The Hall–Kier alpha value is -1.26. The molecule has 4 nitrogen and oxygen atoms in total. The highest BCUT2D eigenvalue weighted by molar-refractivity contribution is 5.09. The van der Waals surface area contributed by atoms with Gasteiger partial charge in [-0.1, -0.05) is 19.1 Å². The van der Waals surface area contributed by atoms with Gasteiger partial charge in [0, 0.05) is 6.20 Å². The van der Waals surface area contributed by atoms with Crippen molar-refractivity contribution in [3.8, 4) is 0 Å². The molecule has 0 saturated carbocycles. The molecule has 1 aromatic rings. The Bertz CT molecular complexity index is 283. The van der Waals surface area contributed by atoms with Crippen LogP contribution in [0, 0.1) is 0 Å². The van der Waals surface area contributed by atoms with Gasteiger partial charge >= 0.3 is 0 Å². The molecule has 1 unspecified atom stereocenters. The second-order valence-corrected chi connectivity index (χ2v) is 3.16. The molecule has 0 aliphatic carbocycles. The van der Waals surface area contributed by atoms with Gasteiger partial charge in [0.25, 0.3) is 0 Å². The third-order valence-electron chi connectivity index (χ3n) is 2.16. The summed E-state index contributed by atoms with van der Waals surface area (Å²) in [6.45, 7) is 6.03. The quantitative estimate of drug-likeness (QED) is 0.420. The minimum absolute atomic E-state index is 0.0328. The Morgan fingerprint density at radius 1 is 1.71 bits per heavy atom. The third kappa shape index (κ3) is 2.90. The van der Waals surface area contributed by atoms with E-state index >= 15 is 0 Å². The lowest BCUT2D eigenvalue weighted by atomic mass is 10.0. The van der Waals surface area contributed by atoms with Crippen molar-refractivity contribution in [1.29, 1.82) is 0 Å². The normalized spacial score (nSPS) is 12.4. The van der Waals surface area contributed by atoms with Crippen LogP contribution < -0.4 is 11.3 Å². The van der Waals surface area contributed by atoms with Gasteiger partial charge in [0.1, 0.15) is 6.33 Å². The van der Waals surface area contributed by atoms with Gasteiger partial charge in [0.05, 0.1) is 11.7 Å². The summed E-state index contributed by atoms with van der Waals surface area (Å²) < 4.78 is 0. The average Bonchev–Trinajstić information content (AvgIpc) is 2.26. The predicted octanol–water partition coefficient (Wildman–Crippen LogP) is 1.34. The van der Waals surface area contributed by atoms with E-state index in [9.17, 15) is 0 Å². The van der Waals surface area contributed by atoms with Crippen molar-refractivity contribution in [2.24, 2.45) is 5.84 Å². The van der Waals surface area contributed by atoms with E-state index < -0.39 is 0 Å². The molecule has 0 radical (unpaired) electrons. The van der Waals surface area contributed by atoms with E-state index in [4.69, 9.17) is 5.84 Å². The Balaban J connectivity index is 2.68. The summed E-state index contributed by atoms with van der Waals surface area (Å²) in [5.41, 5.74) is 4.79. The Labute approximate surface area is 84.2 Å². The fourth-order valence-corrected chi connectivity index (χ4v) is 1.19. The maximum atomic E-state index is 5.46. The minimum atomic E-state index is 0.0328. The first-order valence-electron chi connectivity index (χ1n) is 4.66. The molecule has 0 aromatic carbocycles. The lowest BCUT2D eigenvalue weighted by molar-refractivity contribution is 0.530. The smallest absolute Gasteiger partial charge is 0.115 e. The molecular formula is C10H16N4. The van der Waals surface area contributed by atoms with Crippen molar-refractivity contribution in [2.75, 3.05) is 0 Å². The van der Waals surface area contributed by atoms with Crippen LogP contribution in [0.15, 0.2) is 30.7 Å². The van der Waals surface area contributed by atoms with Crippen molar-refractivity contribution in [3.05, 3.63) is 36.4 Å². The van der Waals surface area contributed by atoms with Crippen molar-refractivity contribution in [3.63, 3.8) is 0 Å². The van der Waals surface area contributed by atoms with Crippen molar-refractivity contribution in [1.82, 2.24) is 15.4 Å². The Morgan fingerprint density at radius 2 is 2.50 bits per heavy atom. The van der Waals surface area contributed by atoms with E-state index in [0.717, 1.165) is 24.1 Å². The molecule has 1 atom stereocenters. The topological polar surface area (TPSA) is 63.8 Å². The molecule has 0 aliphatic rings. The Kier molecular flexibility index (Phi) is 4.22. The maximum Gasteiger partial charge on any atom is 0.115 e. The number of nitrogens with two attached hydrogens (primary N) is 1. The van der Waals surface area contributed by atoms with E-state index in [1.54, 1.807) is 6.20 Å². The number of hydrogen-bond acceptors (Lipinski definition) is 4. The van der Waals surface area contributed by atoms with Crippen LogP contribution in [0.3, 0.4) is 0 Å². The van der Waals surface area contributed by atoms with Crippen LogP contribution in [0.5, 0.6) is 0 Å². The lowest BCUT2D eigenvalue weighted by Gasteiger charge is -2.15. The van der Waals surface area contributed by atoms with Gasteiger partial charge in [0.2, 0.25) is 0 Å². The van der Waals surface area contributed by atoms with E-state index in [1.807, 2.05) is 6.07 Å². The zero-order valence-corrected chi connectivity index (χ0v) is 8.40. The SMILES string of the molecule is C=C(CC)CC(NN)c1ccncn1. The van der Waals surface area contributed by atoms with Gasteiger partial charge in [-0.05, 0) is 18.9 Å². The van der Waals surface area contributed by atoms with Crippen molar-refractivity contribution >= 4 is 0 Å². The second kappa shape index (κ2) is 5.47. The van der Waals surface area contributed by atoms with Crippen LogP contribution in [-0.2, 0) is 0 Å². The molecule has 3 N–H and O–H groups in total. The van der Waals surface area contributed by atoms with E-state index in [0.29, 0.717) is 0 Å². The summed E-state index contributed by atoms with van der Waals surface area (Å²) >= 11 is 0. The molecular weight excluding hydrogens is 176 g/mol. The van der Waals surface area contributed by atoms with E-state index in [-0.39, 0.29) is 6.04 Å². The van der Waals surface area contributed by atoms with Crippen LogP contribution >= 0.6 is 0 Å². The first-order valence-corrected chi connectivity index (χ1v) is 4.66. The highest BCUT2D eigenvalue weighted by Gasteiger charge is 2.11. The average molecular weight is 192 g/mol. The molecule has 0 fully saturated rings. The molecule has 0 spiro atoms. The van der Waals surface area contributed by atoms with E-state index in [2.05, 4.69) is 28.9 Å². The summed E-state index contributed by atoms with van der Waals surface area (Å²) in [6.07, 6.45) is 5.00. The summed E-state index contributed by atoms with van der Waals surface area (Å²) in [6, 6.07) is 1.89. The summed E-state index contributed by atoms with van der Waals surface area (Å²) in [7, 11) is 0. The fourth-order valence-electron chi connectivity index (χ4n) is 1.19. The zero-order valence-electron chi connectivity index (χ0n) is 8.40. The minimum Gasteiger partial charge on any atom is -0.271 e. The van der Waals surface area contributed by atoms with Gasteiger partial charge in [-0.2, -0.15) is 0 Å². The molecule has 4 heteroatoms. The Morgan fingerprint density at radius 3 is 3.00 bits per heavy atom. The van der Waals surface area contributed by atoms with Crippen LogP contribution in [0.1, 0.15) is 31.5 Å². The zero-order chi connectivity index (χ0) is 10.4. The number of nitrogens with one attached hydrogen (secondary N) is 1. The number of nitrogens with zero attached hydrogens (tertiary/aromatic N) is 2.